The first kappa shape index (κ1) is 25.6. The summed E-state index contributed by atoms with van der Waals surface area (Å²) < 4.78 is 5.66. The molecular formula is C30H46O5. The number of hydrogen-bond acceptors (Lipinski definition) is 5. The highest BCUT2D eigenvalue weighted by Gasteiger charge is 2.70. The topological polar surface area (TPSA) is 87.1 Å². The molecule has 5 rings (SSSR count). The molecule has 196 valence electrons. The van der Waals surface area contributed by atoms with E-state index in [4.69, 9.17) is 4.74 Å². The van der Waals surface area contributed by atoms with Crippen molar-refractivity contribution in [3.8, 4) is 0 Å². The highest BCUT2D eigenvalue weighted by atomic mass is 16.6. The lowest BCUT2D eigenvalue weighted by Gasteiger charge is -2.68. The van der Waals surface area contributed by atoms with Crippen LogP contribution in [0.2, 0.25) is 0 Å². The van der Waals surface area contributed by atoms with Crippen LogP contribution in [0.3, 0.4) is 0 Å². The van der Waals surface area contributed by atoms with E-state index in [0.29, 0.717) is 31.5 Å². The number of fused-ring (bicyclic) bond motifs is 5. The van der Waals surface area contributed by atoms with Crippen LogP contribution in [0.25, 0.3) is 0 Å². The van der Waals surface area contributed by atoms with Crippen LogP contribution < -0.4 is 0 Å². The minimum absolute atomic E-state index is 0.0589. The summed E-state index contributed by atoms with van der Waals surface area (Å²) in [6.07, 6.45) is 3.52. The molecule has 35 heavy (non-hydrogen) atoms. The molecule has 0 aromatic rings. The lowest BCUT2D eigenvalue weighted by Crippen LogP contribution is -2.65. The molecule has 5 heteroatoms. The summed E-state index contributed by atoms with van der Waals surface area (Å²) in [4.78, 5) is 26.5. The Labute approximate surface area is 211 Å². The second kappa shape index (κ2) is 7.51. The Hall–Kier alpha value is -1.04. The van der Waals surface area contributed by atoms with Gasteiger partial charge in [0.05, 0.1) is 17.8 Å². The first-order valence-electron chi connectivity index (χ1n) is 13.8. The molecule has 3 saturated carbocycles. The summed E-state index contributed by atoms with van der Waals surface area (Å²) in [7, 11) is 0. The van der Waals surface area contributed by atoms with Crippen molar-refractivity contribution in [2.45, 2.75) is 124 Å². The molecule has 1 heterocycles. The van der Waals surface area contributed by atoms with Crippen molar-refractivity contribution in [1.82, 2.24) is 0 Å². The summed E-state index contributed by atoms with van der Waals surface area (Å²) >= 11 is 0. The largest absolute Gasteiger partial charge is 0.392 e. The molecule has 0 amide bonds. The first-order chi connectivity index (χ1) is 16.0. The summed E-state index contributed by atoms with van der Waals surface area (Å²) in [6.45, 7) is 17.2. The number of aliphatic hydroxyl groups excluding tert-OH is 2. The maximum Gasteiger partial charge on any atom is 0.160 e. The van der Waals surface area contributed by atoms with E-state index in [-0.39, 0.29) is 56.9 Å². The predicted octanol–water partition coefficient (Wildman–Crippen LogP) is 5.02. The zero-order chi connectivity index (χ0) is 25.9. The second-order valence-corrected chi connectivity index (χ2v) is 14.6. The van der Waals surface area contributed by atoms with E-state index in [1.807, 2.05) is 13.8 Å². The zero-order valence-corrected chi connectivity index (χ0v) is 23.0. The van der Waals surface area contributed by atoms with E-state index < -0.39 is 12.2 Å². The van der Waals surface area contributed by atoms with Crippen molar-refractivity contribution < 1.29 is 24.5 Å². The van der Waals surface area contributed by atoms with E-state index in [0.717, 1.165) is 30.4 Å². The quantitative estimate of drug-likeness (QED) is 0.545. The molecule has 1 saturated heterocycles. The summed E-state index contributed by atoms with van der Waals surface area (Å²) in [5.41, 5.74) is 0.700. The van der Waals surface area contributed by atoms with E-state index >= 15 is 0 Å². The Kier molecular flexibility index (Phi) is 5.49. The van der Waals surface area contributed by atoms with Crippen LogP contribution >= 0.6 is 0 Å². The fourth-order valence-corrected chi connectivity index (χ4v) is 9.98. The number of rotatable bonds is 4. The van der Waals surface area contributed by atoms with Gasteiger partial charge in [-0.25, -0.2) is 0 Å². The van der Waals surface area contributed by atoms with Gasteiger partial charge in [-0.15, -0.1) is 0 Å². The minimum Gasteiger partial charge on any atom is -0.392 e. The maximum atomic E-state index is 13.6. The monoisotopic (exact) mass is 486 g/mol. The Bertz CT molecular complexity index is 993. The molecule has 0 spiro atoms. The number of ketones is 2. The van der Waals surface area contributed by atoms with Gasteiger partial charge in [-0.05, 0) is 80.1 Å². The van der Waals surface area contributed by atoms with Crippen LogP contribution in [-0.2, 0) is 14.3 Å². The van der Waals surface area contributed by atoms with Gasteiger partial charge in [-0.1, -0.05) is 47.1 Å². The Morgan fingerprint density at radius 1 is 1.06 bits per heavy atom. The number of carbonyl (C=O) groups excluding carboxylic acids is 2. The molecule has 4 aliphatic carbocycles. The molecule has 9 atom stereocenters. The number of hydrogen-bond donors (Lipinski definition) is 2. The number of carbonyl (C=O) groups is 2. The molecule has 2 N–H and O–H groups in total. The SMILES string of the molecule is C[C@H](C[C@H](O)[C@H]1OC1(C)C)C1=C2C[C@H](O)C3[C@@]4(C)CCC(=O)C(C)(C)C4CC[C@]3(C)[C@@]2(C)CC1=O. The van der Waals surface area contributed by atoms with Crippen molar-refractivity contribution in [3.05, 3.63) is 11.1 Å². The third-order valence-electron chi connectivity index (χ3n) is 12.0. The highest BCUT2D eigenvalue weighted by Crippen LogP contribution is 2.73. The number of aliphatic hydroxyl groups is 2. The fraction of sp³-hybridized carbons (Fsp3) is 0.867. The van der Waals surface area contributed by atoms with E-state index in [2.05, 4.69) is 41.5 Å². The van der Waals surface area contributed by atoms with Gasteiger partial charge in [0, 0.05) is 23.7 Å². The number of ether oxygens (including phenoxy) is 1. The molecule has 1 aliphatic heterocycles. The van der Waals surface area contributed by atoms with Crippen molar-refractivity contribution in [2.75, 3.05) is 0 Å². The van der Waals surface area contributed by atoms with E-state index in [1.165, 1.54) is 0 Å². The van der Waals surface area contributed by atoms with Crippen LogP contribution in [0.5, 0.6) is 0 Å². The van der Waals surface area contributed by atoms with Gasteiger partial charge in [0.2, 0.25) is 0 Å². The van der Waals surface area contributed by atoms with Crippen molar-refractivity contribution in [2.24, 2.45) is 39.4 Å². The normalized spacial score (nSPS) is 47.6. The predicted molar refractivity (Wildman–Crippen MR) is 135 cm³/mol. The number of Topliss-reactive ketones (excluding diaryl/α,β-unsaturated/α-hetero) is 2. The number of epoxide rings is 1. The van der Waals surface area contributed by atoms with Crippen LogP contribution in [0.15, 0.2) is 11.1 Å². The summed E-state index contributed by atoms with van der Waals surface area (Å²) in [6, 6.07) is 0. The lowest BCUT2D eigenvalue weighted by atomic mass is 9.36. The molecule has 0 bridgehead atoms. The Balaban J connectivity index is 1.51. The molecule has 0 aromatic heterocycles. The molecule has 5 aliphatic rings. The van der Waals surface area contributed by atoms with Gasteiger partial charge in [0.25, 0.3) is 0 Å². The standard InChI is InChI=1S/C30H46O5/c1-16(13-19(32)25-27(4,5)35-25)23-17-14-18(31)24-28(6)11-10-22(34)26(2,3)21(28)9-12-29(24,7)30(17,8)15-20(23)33/h16,18-19,21,24-25,31-32H,9-15H2,1-8H3/t16-,18+,19+,21?,24?,25-,28+,29+,30+/m1/s1. The smallest absolute Gasteiger partial charge is 0.160 e. The van der Waals surface area contributed by atoms with Crippen molar-refractivity contribution in [3.63, 3.8) is 0 Å². The summed E-state index contributed by atoms with van der Waals surface area (Å²) in [5.74, 6) is 0.793. The van der Waals surface area contributed by atoms with Crippen molar-refractivity contribution >= 4 is 11.6 Å². The average molecular weight is 487 g/mol. The van der Waals surface area contributed by atoms with Gasteiger partial charge >= 0.3 is 0 Å². The van der Waals surface area contributed by atoms with Gasteiger partial charge < -0.3 is 14.9 Å². The summed E-state index contributed by atoms with van der Waals surface area (Å²) in [5, 5.41) is 22.6. The fourth-order valence-electron chi connectivity index (χ4n) is 9.98. The van der Waals surface area contributed by atoms with Gasteiger partial charge in [0.15, 0.2) is 5.78 Å². The number of allylic oxidation sites excluding steroid dienone is 1. The van der Waals surface area contributed by atoms with Crippen molar-refractivity contribution in [1.29, 1.82) is 0 Å². The molecule has 0 aromatic carbocycles. The van der Waals surface area contributed by atoms with Crippen LogP contribution in [0.1, 0.15) is 100 Å². The van der Waals surface area contributed by atoms with Gasteiger partial charge in [-0.2, -0.15) is 0 Å². The molecule has 4 fully saturated rings. The third kappa shape index (κ3) is 3.29. The second-order valence-electron chi connectivity index (χ2n) is 14.6. The van der Waals surface area contributed by atoms with E-state index in [1.54, 1.807) is 0 Å². The minimum atomic E-state index is -0.596. The van der Waals surface area contributed by atoms with Crippen LogP contribution in [0.4, 0.5) is 0 Å². The highest BCUT2D eigenvalue weighted by molar-refractivity contribution is 6.00. The first-order valence-corrected chi connectivity index (χ1v) is 13.8. The average Bonchev–Trinajstić information content (AvgIpc) is 3.28. The molecule has 0 radical (unpaired) electrons. The lowest BCUT2D eigenvalue weighted by molar-refractivity contribution is -0.208. The maximum absolute atomic E-state index is 13.6. The van der Waals surface area contributed by atoms with Gasteiger partial charge in [-0.3, -0.25) is 9.59 Å². The molecule has 5 nitrogen and oxygen atoms in total. The Morgan fingerprint density at radius 2 is 1.69 bits per heavy atom. The van der Waals surface area contributed by atoms with Crippen LogP contribution in [-0.4, -0.2) is 45.7 Å². The third-order valence-corrected chi connectivity index (χ3v) is 12.0. The Morgan fingerprint density at radius 3 is 2.29 bits per heavy atom. The zero-order valence-electron chi connectivity index (χ0n) is 23.0. The molecular weight excluding hydrogens is 440 g/mol. The van der Waals surface area contributed by atoms with E-state index in [9.17, 15) is 19.8 Å². The molecule has 2 unspecified atom stereocenters. The van der Waals surface area contributed by atoms with Gasteiger partial charge in [0.1, 0.15) is 11.9 Å². The van der Waals surface area contributed by atoms with Crippen LogP contribution in [0, 0.1) is 39.4 Å².